The Morgan fingerprint density at radius 3 is 2.12 bits per heavy atom. The molecule has 3 rings (SSSR count). The molecule has 0 spiro atoms. The van der Waals surface area contributed by atoms with Crippen molar-refractivity contribution in [3.8, 4) is 22.6 Å². The molecule has 0 atom stereocenters. The second-order valence-electron chi connectivity index (χ2n) is 5.66. The van der Waals surface area contributed by atoms with E-state index in [0.717, 1.165) is 11.1 Å². The van der Waals surface area contributed by atoms with Gasteiger partial charge in [0.25, 0.3) is 0 Å². The zero-order valence-electron chi connectivity index (χ0n) is 14.2. The molecule has 26 heavy (non-hydrogen) atoms. The van der Waals surface area contributed by atoms with Crippen LogP contribution < -0.4 is 26.3 Å². The third-order valence-corrected chi connectivity index (χ3v) is 3.72. The Balaban J connectivity index is 1.74. The lowest BCUT2D eigenvalue weighted by Crippen LogP contribution is -2.16. The van der Waals surface area contributed by atoms with Gasteiger partial charge in [-0.25, -0.2) is 4.79 Å². The Morgan fingerprint density at radius 2 is 1.46 bits per heavy atom. The Morgan fingerprint density at radius 1 is 0.808 bits per heavy atom. The van der Waals surface area contributed by atoms with Gasteiger partial charge in [-0.2, -0.15) is 0 Å². The minimum Gasteiger partial charge on any atom is -0.497 e. The van der Waals surface area contributed by atoms with Crippen LogP contribution in [-0.2, 0) is 0 Å². The van der Waals surface area contributed by atoms with Crippen LogP contribution in [0, 0.1) is 0 Å². The average Bonchev–Trinajstić information content (AvgIpc) is 2.62. The van der Waals surface area contributed by atoms with Crippen LogP contribution in [0.3, 0.4) is 0 Å². The molecule has 0 aliphatic carbocycles. The molecule has 0 aromatic heterocycles. The molecule has 6 heteroatoms. The quantitative estimate of drug-likeness (QED) is 0.615. The summed E-state index contributed by atoms with van der Waals surface area (Å²) in [7, 11) is 1.57. The summed E-state index contributed by atoms with van der Waals surface area (Å²) in [6, 6.07) is 19.4. The Bertz CT molecular complexity index is 907. The SMILES string of the molecule is COc1ccc(OC(=O)Nc2cc(N)cc(-c3ccc(N)cc3)c2)cc1. The summed E-state index contributed by atoms with van der Waals surface area (Å²) in [5.74, 6) is 1.09. The van der Waals surface area contributed by atoms with E-state index in [-0.39, 0.29) is 0 Å². The molecule has 132 valence electrons. The number of carbonyl (C=O) groups excluding carboxylic acids is 1. The maximum Gasteiger partial charge on any atom is 0.417 e. The van der Waals surface area contributed by atoms with Gasteiger partial charge in [0, 0.05) is 17.1 Å². The van der Waals surface area contributed by atoms with Crippen LogP contribution in [0.15, 0.2) is 66.7 Å². The van der Waals surface area contributed by atoms with E-state index in [9.17, 15) is 4.79 Å². The number of hydrogen-bond acceptors (Lipinski definition) is 5. The fraction of sp³-hybridized carbons (Fsp3) is 0.0500. The maximum atomic E-state index is 12.1. The number of amides is 1. The largest absolute Gasteiger partial charge is 0.497 e. The lowest BCUT2D eigenvalue weighted by atomic mass is 10.0. The summed E-state index contributed by atoms with van der Waals surface area (Å²) in [6.45, 7) is 0. The van der Waals surface area contributed by atoms with Crippen LogP contribution in [0.25, 0.3) is 11.1 Å². The number of hydrogen-bond donors (Lipinski definition) is 3. The number of carbonyl (C=O) groups is 1. The first-order valence-electron chi connectivity index (χ1n) is 7.93. The van der Waals surface area contributed by atoms with Gasteiger partial charge in [-0.15, -0.1) is 0 Å². The molecule has 0 fully saturated rings. The maximum absolute atomic E-state index is 12.1. The highest BCUT2D eigenvalue weighted by Gasteiger charge is 2.08. The summed E-state index contributed by atoms with van der Waals surface area (Å²) in [6.07, 6.45) is -0.607. The van der Waals surface area contributed by atoms with Crippen LogP contribution in [0.2, 0.25) is 0 Å². The van der Waals surface area contributed by atoms with Gasteiger partial charge >= 0.3 is 6.09 Å². The van der Waals surface area contributed by atoms with Crippen molar-refractivity contribution in [2.75, 3.05) is 23.9 Å². The van der Waals surface area contributed by atoms with Crippen molar-refractivity contribution >= 4 is 23.2 Å². The van der Waals surface area contributed by atoms with Gasteiger partial charge in [-0.1, -0.05) is 12.1 Å². The average molecular weight is 349 g/mol. The molecule has 0 unspecified atom stereocenters. The molecule has 0 bridgehead atoms. The predicted molar refractivity (Wildman–Crippen MR) is 103 cm³/mol. The van der Waals surface area contributed by atoms with Gasteiger partial charge in [0.2, 0.25) is 0 Å². The number of nitrogen functional groups attached to an aromatic ring is 2. The topological polar surface area (TPSA) is 99.6 Å². The zero-order chi connectivity index (χ0) is 18.5. The van der Waals surface area contributed by atoms with E-state index in [1.54, 1.807) is 37.4 Å². The molecule has 0 aliphatic heterocycles. The molecular weight excluding hydrogens is 330 g/mol. The van der Waals surface area contributed by atoms with Crippen LogP contribution in [0.5, 0.6) is 11.5 Å². The van der Waals surface area contributed by atoms with Gasteiger partial charge in [-0.05, 0) is 65.7 Å². The van der Waals surface area contributed by atoms with Gasteiger partial charge in [-0.3, -0.25) is 5.32 Å². The summed E-state index contributed by atoms with van der Waals surface area (Å²) in [5.41, 5.74) is 15.2. The summed E-state index contributed by atoms with van der Waals surface area (Å²) in [5, 5.41) is 2.68. The van der Waals surface area contributed by atoms with Gasteiger partial charge in [0.15, 0.2) is 0 Å². The molecule has 0 radical (unpaired) electrons. The number of anilines is 3. The smallest absolute Gasteiger partial charge is 0.417 e. The van der Waals surface area contributed by atoms with Crippen molar-refractivity contribution in [3.05, 3.63) is 66.7 Å². The standard InChI is InChI=1S/C20H19N3O3/c1-25-18-6-8-19(9-7-18)26-20(24)23-17-11-14(10-16(22)12-17)13-2-4-15(21)5-3-13/h2-12H,21-22H2,1H3,(H,23,24). The third-order valence-electron chi connectivity index (χ3n) is 3.72. The molecule has 0 aliphatic rings. The highest BCUT2D eigenvalue weighted by molar-refractivity contribution is 5.88. The van der Waals surface area contributed by atoms with Crippen molar-refractivity contribution < 1.29 is 14.3 Å². The summed E-state index contributed by atoms with van der Waals surface area (Å²) in [4.78, 5) is 12.1. The van der Waals surface area contributed by atoms with Crippen LogP contribution in [-0.4, -0.2) is 13.2 Å². The Labute approximate surface area is 151 Å². The summed E-state index contributed by atoms with van der Waals surface area (Å²) < 4.78 is 10.3. The number of nitrogens with one attached hydrogen (secondary N) is 1. The third kappa shape index (κ3) is 4.24. The van der Waals surface area contributed by atoms with E-state index in [4.69, 9.17) is 20.9 Å². The lowest BCUT2D eigenvalue weighted by molar-refractivity contribution is 0.215. The first kappa shape index (κ1) is 17.2. The van der Waals surface area contributed by atoms with E-state index in [1.165, 1.54) is 0 Å². The Hall–Kier alpha value is -3.67. The molecular formula is C20H19N3O3. The van der Waals surface area contributed by atoms with Gasteiger partial charge < -0.3 is 20.9 Å². The molecule has 0 saturated carbocycles. The monoisotopic (exact) mass is 349 g/mol. The van der Waals surface area contributed by atoms with Crippen LogP contribution >= 0.6 is 0 Å². The first-order valence-corrected chi connectivity index (χ1v) is 7.93. The van der Waals surface area contributed by atoms with E-state index in [1.807, 2.05) is 36.4 Å². The van der Waals surface area contributed by atoms with Crippen molar-refractivity contribution in [2.45, 2.75) is 0 Å². The highest BCUT2D eigenvalue weighted by atomic mass is 16.6. The van der Waals surface area contributed by atoms with Crippen LogP contribution in [0.1, 0.15) is 0 Å². The van der Waals surface area contributed by atoms with Crippen molar-refractivity contribution in [2.24, 2.45) is 0 Å². The second-order valence-corrected chi connectivity index (χ2v) is 5.66. The first-order chi connectivity index (χ1) is 12.5. The molecule has 6 nitrogen and oxygen atoms in total. The second kappa shape index (κ2) is 7.48. The number of nitrogens with two attached hydrogens (primary N) is 2. The van der Waals surface area contributed by atoms with Crippen molar-refractivity contribution in [1.82, 2.24) is 0 Å². The zero-order valence-corrected chi connectivity index (χ0v) is 14.2. The fourth-order valence-corrected chi connectivity index (χ4v) is 2.46. The predicted octanol–water partition coefficient (Wildman–Crippen LogP) is 4.14. The van der Waals surface area contributed by atoms with E-state index >= 15 is 0 Å². The van der Waals surface area contributed by atoms with Crippen molar-refractivity contribution in [3.63, 3.8) is 0 Å². The highest BCUT2D eigenvalue weighted by Crippen LogP contribution is 2.27. The molecule has 1 amide bonds. The minimum atomic E-state index is -0.607. The summed E-state index contributed by atoms with van der Waals surface area (Å²) >= 11 is 0. The van der Waals surface area contributed by atoms with Crippen molar-refractivity contribution in [1.29, 1.82) is 0 Å². The molecule has 0 heterocycles. The number of methoxy groups -OCH3 is 1. The molecule has 3 aromatic rings. The van der Waals surface area contributed by atoms with E-state index in [0.29, 0.717) is 28.6 Å². The van der Waals surface area contributed by atoms with Crippen LogP contribution in [0.4, 0.5) is 21.9 Å². The van der Waals surface area contributed by atoms with Gasteiger partial charge in [0.1, 0.15) is 11.5 Å². The fourth-order valence-electron chi connectivity index (χ4n) is 2.46. The normalized spacial score (nSPS) is 10.2. The molecule has 0 saturated heterocycles. The number of ether oxygens (including phenoxy) is 2. The number of rotatable bonds is 4. The van der Waals surface area contributed by atoms with E-state index in [2.05, 4.69) is 5.32 Å². The Kier molecular flexibility index (Phi) is 4.94. The molecule has 3 aromatic carbocycles. The molecule has 5 N–H and O–H groups in total. The van der Waals surface area contributed by atoms with E-state index < -0.39 is 6.09 Å². The number of benzene rings is 3. The lowest BCUT2D eigenvalue weighted by Gasteiger charge is -2.10. The van der Waals surface area contributed by atoms with Gasteiger partial charge in [0.05, 0.1) is 7.11 Å². The minimum absolute atomic E-state index is 0.408.